The minimum atomic E-state index is -0.250. The molecule has 0 radical (unpaired) electrons. The fourth-order valence-electron chi connectivity index (χ4n) is 5.42. The van der Waals surface area contributed by atoms with Gasteiger partial charge in [0, 0.05) is 39.3 Å². The lowest BCUT2D eigenvalue weighted by atomic mass is 10.1. The van der Waals surface area contributed by atoms with E-state index in [0.29, 0.717) is 13.1 Å². The maximum atomic E-state index is 10.3. The molecule has 5 heteroatoms. The largest absolute Gasteiger partial charge is 0.392 e. The molecule has 0 aromatic heterocycles. The molecule has 0 aromatic carbocycles. The summed E-state index contributed by atoms with van der Waals surface area (Å²) in [7, 11) is 2.13. The number of likely N-dealkylation sites (N-methyl/N-ethyl adjacent to an activating group) is 1. The van der Waals surface area contributed by atoms with Crippen LogP contribution in [0.4, 0.5) is 0 Å². The summed E-state index contributed by atoms with van der Waals surface area (Å²) in [5.41, 5.74) is 0. The first-order valence-electron chi connectivity index (χ1n) is 19.7. The Morgan fingerprint density at radius 3 is 1.17 bits per heavy atom. The van der Waals surface area contributed by atoms with Crippen LogP contribution in [-0.2, 0) is 0 Å². The molecule has 2 unspecified atom stereocenters. The lowest BCUT2D eigenvalue weighted by Crippen LogP contribution is -2.38. The first kappa shape index (κ1) is 44.8. The van der Waals surface area contributed by atoms with E-state index in [4.69, 9.17) is 0 Å². The molecular weight excluding hydrogens is 566 g/mol. The minimum absolute atomic E-state index is 0.250. The van der Waals surface area contributed by atoms with Crippen LogP contribution in [0.2, 0.25) is 0 Å². The van der Waals surface area contributed by atoms with Gasteiger partial charge in [-0.05, 0) is 84.1 Å². The predicted octanol–water partition coefficient (Wildman–Crippen LogP) is 9.67. The molecule has 4 N–H and O–H groups in total. The molecule has 270 valence electrons. The summed E-state index contributed by atoms with van der Waals surface area (Å²) in [6.07, 6.45) is 44.3. The highest BCUT2D eigenvalue weighted by atomic mass is 16.3. The summed E-state index contributed by atoms with van der Waals surface area (Å²) >= 11 is 0. The molecular formula is C41H79N3O2. The average Bonchev–Trinajstić information content (AvgIpc) is 3.05. The number of hydrogen-bond acceptors (Lipinski definition) is 5. The maximum absolute atomic E-state index is 10.3. The lowest BCUT2D eigenvalue weighted by molar-refractivity contribution is 0.155. The first-order valence-corrected chi connectivity index (χ1v) is 19.7. The van der Waals surface area contributed by atoms with Crippen molar-refractivity contribution in [1.29, 1.82) is 0 Å². The number of aliphatic hydroxyl groups excluding tert-OH is 2. The third kappa shape index (κ3) is 37.2. The van der Waals surface area contributed by atoms with Crippen LogP contribution in [0.5, 0.6) is 0 Å². The van der Waals surface area contributed by atoms with Crippen molar-refractivity contribution in [1.82, 2.24) is 15.5 Å². The predicted molar refractivity (Wildman–Crippen MR) is 205 cm³/mol. The van der Waals surface area contributed by atoms with Crippen molar-refractivity contribution in [2.24, 2.45) is 0 Å². The molecule has 0 saturated carbocycles. The Hall–Kier alpha value is -1.24. The van der Waals surface area contributed by atoms with Crippen molar-refractivity contribution in [2.75, 3.05) is 46.3 Å². The van der Waals surface area contributed by atoms with E-state index < -0.39 is 0 Å². The van der Waals surface area contributed by atoms with E-state index in [2.05, 4.69) is 85.0 Å². The molecule has 0 aliphatic carbocycles. The van der Waals surface area contributed by atoms with Crippen LogP contribution in [0.3, 0.4) is 0 Å². The van der Waals surface area contributed by atoms with Gasteiger partial charge in [-0.3, -0.25) is 0 Å². The summed E-state index contributed by atoms with van der Waals surface area (Å²) in [6.45, 7) is 9.57. The van der Waals surface area contributed by atoms with Crippen LogP contribution in [0.25, 0.3) is 0 Å². The van der Waals surface area contributed by atoms with Crippen molar-refractivity contribution in [3.8, 4) is 0 Å². The number of nitrogens with one attached hydrogen (secondary N) is 2. The Labute approximate surface area is 287 Å². The van der Waals surface area contributed by atoms with E-state index >= 15 is 0 Å². The molecule has 0 aromatic rings. The van der Waals surface area contributed by atoms with Gasteiger partial charge < -0.3 is 25.7 Å². The molecule has 0 heterocycles. The summed E-state index contributed by atoms with van der Waals surface area (Å²) in [4.78, 5) is 2.30. The SMILES string of the molecule is CCCCCC/C=C\C/C=C\CCCCCC(O)CNCCN(C)CCNCC(O)CCCCC/C=C\C/C=C\CCCCCC. The van der Waals surface area contributed by atoms with Crippen molar-refractivity contribution < 1.29 is 10.2 Å². The van der Waals surface area contributed by atoms with E-state index in [1.54, 1.807) is 0 Å². The van der Waals surface area contributed by atoms with E-state index in [-0.39, 0.29) is 12.2 Å². The normalized spacial score (nSPS) is 13.9. The molecule has 2 atom stereocenters. The van der Waals surface area contributed by atoms with Gasteiger partial charge >= 0.3 is 0 Å². The van der Waals surface area contributed by atoms with Gasteiger partial charge in [0.05, 0.1) is 12.2 Å². The first-order chi connectivity index (χ1) is 22.6. The number of hydrogen-bond donors (Lipinski definition) is 4. The van der Waals surface area contributed by atoms with Crippen molar-refractivity contribution >= 4 is 0 Å². The molecule has 0 aliphatic rings. The van der Waals surface area contributed by atoms with Crippen LogP contribution in [0.1, 0.15) is 155 Å². The molecule has 0 aliphatic heterocycles. The second-order valence-electron chi connectivity index (χ2n) is 13.4. The average molecular weight is 646 g/mol. The second kappa shape index (κ2) is 38.2. The van der Waals surface area contributed by atoms with Gasteiger partial charge in [-0.2, -0.15) is 0 Å². The topological polar surface area (TPSA) is 67.8 Å². The van der Waals surface area contributed by atoms with Gasteiger partial charge in [0.25, 0.3) is 0 Å². The Bertz CT molecular complexity index is 648. The Morgan fingerprint density at radius 1 is 0.478 bits per heavy atom. The molecule has 0 amide bonds. The third-order valence-corrected chi connectivity index (χ3v) is 8.58. The second-order valence-corrected chi connectivity index (χ2v) is 13.4. The number of nitrogens with zero attached hydrogens (tertiary/aromatic N) is 1. The van der Waals surface area contributed by atoms with Crippen molar-refractivity contribution in [3.05, 3.63) is 48.6 Å². The van der Waals surface area contributed by atoms with Crippen molar-refractivity contribution in [2.45, 2.75) is 167 Å². The highest BCUT2D eigenvalue weighted by Gasteiger charge is 2.06. The zero-order valence-electron chi connectivity index (χ0n) is 30.9. The smallest absolute Gasteiger partial charge is 0.0664 e. The molecule has 0 bridgehead atoms. The van der Waals surface area contributed by atoms with Crippen molar-refractivity contribution in [3.63, 3.8) is 0 Å². The maximum Gasteiger partial charge on any atom is 0.0664 e. The van der Waals surface area contributed by atoms with E-state index in [9.17, 15) is 10.2 Å². The Kier molecular flexibility index (Phi) is 37.2. The standard InChI is InChI=1S/C41H79N3O2/c1-4-6-8-10-12-14-16-18-20-22-24-26-28-30-32-40(45)38-42-34-36-44(3)37-35-43-39-41(46)33-31-29-27-25-23-21-19-17-15-13-11-9-7-5-2/h14-17,20-23,40-43,45-46H,4-13,18-19,24-39H2,1-3H3/b16-14-,17-15-,22-20-,23-21-. The highest BCUT2D eigenvalue weighted by molar-refractivity contribution is 4.93. The zero-order valence-corrected chi connectivity index (χ0v) is 30.9. The Balaban J connectivity index is 3.48. The zero-order chi connectivity index (χ0) is 33.6. The molecule has 0 fully saturated rings. The lowest BCUT2D eigenvalue weighted by Gasteiger charge is -2.19. The summed E-state index contributed by atoms with van der Waals surface area (Å²) < 4.78 is 0. The molecule has 0 rings (SSSR count). The Morgan fingerprint density at radius 2 is 0.826 bits per heavy atom. The number of aliphatic hydroxyl groups is 2. The van der Waals surface area contributed by atoms with Crippen LogP contribution >= 0.6 is 0 Å². The third-order valence-electron chi connectivity index (χ3n) is 8.58. The number of rotatable bonds is 36. The quantitative estimate of drug-likeness (QED) is 0.0404. The molecule has 46 heavy (non-hydrogen) atoms. The van der Waals surface area contributed by atoms with Gasteiger partial charge in [-0.15, -0.1) is 0 Å². The van der Waals surface area contributed by atoms with Crippen LogP contribution in [-0.4, -0.2) is 73.6 Å². The summed E-state index contributed by atoms with van der Waals surface area (Å²) in [5, 5.41) is 27.4. The molecule has 0 saturated heterocycles. The number of allylic oxidation sites excluding steroid dienone is 8. The van der Waals surface area contributed by atoms with Gasteiger partial charge in [0.1, 0.15) is 0 Å². The fraction of sp³-hybridized carbons (Fsp3) is 0.805. The highest BCUT2D eigenvalue weighted by Crippen LogP contribution is 2.09. The summed E-state index contributed by atoms with van der Waals surface area (Å²) in [6, 6.07) is 0. The van der Waals surface area contributed by atoms with Crippen LogP contribution in [0.15, 0.2) is 48.6 Å². The number of unbranched alkanes of at least 4 members (excludes halogenated alkanes) is 14. The monoisotopic (exact) mass is 646 g/mol. The van der Waals surface area contributed by atoms with Gasteiger partial charge in [0.15, 0.2) is 0 Å². The van der Waals surface area contributed by atoms with Crippen LogP contribution < -0.4 is 10.6 Å². The summed E-state index contributed by atoms with van der Waals surface area (Å²) in [5.74, 6) is 0. The van der Waals surface area contributed by atoms with Gasteiger partial charge in [0.2, 0.25) is 0 Å². The van der Waals surface area contributed by atoms with Gasteiger partial charge in [-0.25, -0.2) is 0 Å². The molecule has 0 spiro atoms. The van der Waals surface area contributed by atoms with Gasteiger partial charge in [-0.1, -0.05) is 127 Å². The fourth-order valence-corrected chi connectivity index (χ4v) is 5.42. The molecule has 5 nitrogen and oxygen atoms in total. The van der Waals surface area contributed by atoms with E-state index in [1.807, 2.05) is 0 Å². The van der Waals surface area contributed by atoms with E-state index in [1.165, 1.54) is 89.9 Å². The minimum Gasteiger partial charge on any atom is -0.392 e. The van der Waals surface area contributed by atoms with Crippen LogP contribution in [0, 0.1) is 0 Å². The van der Waals surface area contributed by atoms with E-state index in [0.717, 1.165) is 77.5 Å².